The molecule has 0 bridgehead atoms. The molecule has 1 saturated heterocycles. The molecule has 0 saturated carbocycles. The van der Waals surface area contributed by atoms with Gasteiger partial charge in [-0.25, -0.2) is 9.67 Å². The number of likely N-dealkylation sites (tertiary alicyclic amines) is 1. The van der Waals surface area contributed by atoms with Crippen molar-refractivity contribution in [2.24, 2.45) is 0 Å². The Morgan fingerprint density at radius 1 is 1.13 bits per heavy atom. The molecule has 0 radical (unpaired) electrons. The highest BCUT2D eigenvalue weighted by Gasteiger charge is 2.26. The molecule has 9 heteroatoms. The van der Waals surface area contributed by atoms with Gasteiger partial charge in [-0.1, -0.05) is 32.1 Å². The minimum Gasteiger partial charge on any atom is -0.493 e. The molecule has 1 aliphatic rings. The summed E-state index contributed by atoms with van der Waals surface area (Å²) in [6.45, 7) is 8.77. The Labute approximate surface area is 181 Å². The number of hydrogen-bond donors (Lipinski definition) is 1. The number of piperidine rings is 1. The van der Waals surface area contributed by atoms with Crippen molar-refractivity contribution in [3.8, 4) is 11.5 Å². The first-order valence-electron chi connectivity index (χ1n) is 10.6. The summed E-state index contributed by atoms with van der Waals surface area (Å²) in [6, 6.07) is 6.22. The third kappa shape index (κ3) is 4.27. The Morgan fingerprint density at radius 2 is 1.84 bits per heavy atom. The number of benzene rings is 1. The second-order valence-corrected chi connectivity index (χ2v) is 9.07. The van der Waals surface area contributed by atoms with Crippen LogP contribution in [-0.2, 0) is 12.0 Å². The first-order valence-corrected chi connectivity index (χ1v) is 10.6. The molecule has 0 aliphatic carbocycles. The van der Waals surface area contributed by atoms with Crippen LogP contribution in [0.3, 0.4) is 0 Å². The molecule has 1 aliphatic heterocycles. The van der Waals surface area contributed by atoms with Crippen molar-refractivity contribution in [3.63, 3.8) is 0 Å². The highest BCUT2D eigenvalue weighted by molar-refractivity contribution is 5.68. The van der Waals surface area contributed by atoms with Crippen LogP contribution in [0.2, 0.25) is 0 Å². The van der Waals surface area contributed by atoms with E-state index in [2.05, 4.69) is 26.3 Å². The average molecular weight is 427 g/mol. The fourth-order valence-corrected chi connectivity index (χ4v) is 4.00. The van der Waals surface area contributed by atoms with E-state index in [0.717, 1.165) is 44.0 Å². The highest BCUT2D eigenvalue weighted by Crippen LogP contribution is 2.30. The summed E-state index contributed by atoms with van der Waals surface area (Å²) < 4.78 is 12.6. The van der Waals surface area contributed by atoms with Gasteiger partial charge in [-0.2, -0.15) is 0 Å². The smallest absolute Gasteiger partial charge is 0.281 e. The van der Waals surface area contributed by atoms with E-state index < -0.39 is 0 Å². The molecule has 3 heterocycles. The molecule has 0 amide bonds. The molecular weight excluding hydrogens is 396 g/mol. The van der Waals surface area contributed by atoms with Crippen molar-refractivity contribution in [1.29, 1.82) is 0 Å². The summed E-state index contributed by atoms with van der Waals surface area (Å²) in [5.74, 6) is 2.13. The molecule has 0 atom stereocenters. The van der Waals surface area contributed by atoms with Crippen LogP contribution in [0.15, 0.2) is 23.0 Å². The van der Waals surface area contributed by atoms with Crippen molar-refractivity contribution in [2.75, 3.05) is 27.3 Å². The molecule has 166 valence electrons. The third-order valence-electron chi connectivity index (χ3n) is 5.80. The van der Waals surface area contributed by atoms with Gasteiger partial charge in [-0.15, -0.1) is 5.10 Å². The van der Waals surface area contributed by atoms with E-state index in [-0.39, 0.29) is 17.0 Å². The number of H-pyrrole nitrogens is 1. The van der Waals surface area contributed by atoms with Crippen LogP contribution in [0, 0.1) is 0 Å². The fourth-order valence-electron chi connectivity index (χ4n) is 4.00. The Bertz CT molecular complexity index is 1120. The minimum absolute atomic E-state index is 0.175. The molecule has 1 fully saturated rings. The first-order chi connectivity index (χ1) is 14.8. The molecule has 9 nitrogen and oxygen atoms in total. The summed E-state index contributed by atoms with van der Waals surface area (Å²) >= 11 is 0. The second-order valence-electron chi connectivity index (χ2n) is 9.07. The lowest BCUT2D eigenvalue weighted by Gasteiger charge is -2.32. The van der Waals surface area contributed by atoms with E-state index >= 15 is 0 Å². The molecular formula is C22H30N6O3. The van der Waals surface area contributed by atoms with Crippen LogP contribution in [-0.4, -0.2) is 57.2 Å². The summed E-state index contributed by atoms with van der Waals surface area (Å²) in [6.07, 6.45) is 1.84. The standard InChI is InChI=1S/C22H30N6O3/c1-22(2,3)21-23-19-18(20(29)24-21)25-26-28(19)15-8-10-27(11-9-15)13-14-6-7-16(30-4)17(12-14)31-5/h6-7,12,15H,8-11,13H2,1-5H3,(H,23,24,29). The Morgan fingerprint density at radius 3 is 2.48 bits per heavy atom. The van der Waals surface area contributed by atoms with Crippen LogP contribution in [0.25, 0.3) is 11.2 Å². The Kier molecular flexibility index (Phi) is 5.70. The number of nitrogens with zero attached hydrogens (tertiary/aromatic N) is 5. The summed E-state index contributed by atoms with van der Waals surface area (Å²) in [7, 11) is 3.29. The molecule has 0 unspecified atom stereocenters. The van der Waals surface area contributed by atoms with Gasteiger partial charge in [0, 0.05) is 25.0 Å². The molecule has 2 aromatic heterocycles. The topological polar surface area (TPSA) is 98.2 Å². The van der Waals surface area contributed by atoms with Gasteiger partial charge < -0.3 is 14.5 Å². The van der Waals surface area contributed by atoms with Gasteiger partial charge in [0.05, 0.1) is 20.3 Å². The number of aromatic amines is 1. The number of nitrogens with one attached hydrogen (secondary N) is 1. The van der Waals surface area contributed by atoms with Crippen molar-refractivity contribution in [3.05, 3.63) is 39.9 Å². The predicted molar refractivity (Wildman–Crippen MR) is 118 cm³/mol. The van der Waals surface area contributed by atoms with E-state index in [1.807, 2.05) is 37.6 Å². The van der Waals surface area contributed by atoms with Gasteiger partial charge in [0.25, 0.3) is 5.56 Å². The Balaban J connectivity index is 1.48. The summed E-state index contributed by atoms with van der Waals surface area (Å²) in [5, 5.41) is 8.40. The van der Waals surface area contributed by atoms with Crippen molar-refractivity contribution in [2.45, 2.75) is 51.6 Å². The van der Waals surface area contributed by atoms with Crippen molar-refractivity contribution in [1.82, 2.24) is 29.9 Å². The quantitative estimate of drug-likeness (QED) is 0.670. The van der Waals surface area contributed by atoms with E-state index in [9.17, 15) is 4.79 Å². The van der Waals surface area contributed by atoms with Crippen LogP contribution >= 0.6 is 0 Å². The average Bonchev–Trinajstić information content (AvgIpc) is 3.18. The predicted octanol–water partition coefficient (Wildman–Crippen LogP) is 2.67. The highest BCUT2D eigenvalue weighted by atomic mass is 16.5. The Hall–Kier alpha value is -2.94. The van der Waals surface area contributed by atoms with Gasteiger partial charge in [0.1, 0.15) is 5.82 Å². The monoisotopic (exact) mass is 426 g/mol. The SMILES string of the molecule is COc1ccc(CN2CCC(n3nnc4c(=O)[nH]c(C(C)(C)C)nc43)CC2)cc1OC. The van der Waals surface area contributed by atoms with Crippen LogP contribution in [0.1, 0.15) is 51.0 Å². The lowest BCUT2D eigenvalue weighted by molar-refractivity contribution is 0.174. The molecule has 4 rings (SSSR count). The van der Waals surface area contributed by atoms with Gasteiger partial charge in [0.2, 0.25) is 0 Å². The maximum Gasteiger partial charge on any atom is 0.281 e. The maximum atomic E-state index is 12.5. The maximum absolute atomic E-state index is 12.5. The van der Waals surface area contributed by atoms with Crippen molar-refractivity contribution >= 4 is 11.2 Å². The van der Waals surface area contributed by atoms with E-state index in [0.29, 0.717) is 17.0 Å². The third-order valence-corrected chi connectivity index (χ3v) is 5.80. The molecule has 1 aromatic carbocycles. The molecule has 1 N–H and O–H groups in total. The number of aromatic nitrogens is 5. The number of fused-ring (bicyclic) bond motifs is 1. The van der Waals surface area contributed by atoms with Crippen LogP contribution in [0.4, 0.5) is 0 Å². The first kappa shape index (κ1) is 21.3. The fraction of sp³-hybridized carbons (Fsp3) is 0.545. The lowest BCUT2D eigenvalue weighted by Crippen LogP contribution is -2.34. The largest absolute Gasteiger partial charge is 0.493 e. The number of methoxy groups -OCH3 is 2. The molecule has 0 spiro atoms. The number of hydrogen-bond acceptors (Lipinski definition) is 7. The summed E-state index contributed by atoms with van der Waals surface area (Å²) in [5.41, 5.74) is 1.58. The normalized spacial score (nSPS) is 16.0. The zero-order valence-electron chi connectivity index (χ0n) is 18.8. The molecule has 31 heavy (non-hydrogen) atoms. The van der Waals surface area contributed by atoms with Crippen LogP contribution in [0.5, 0.6) is 11.5 Å². The van der Waals surface area contributed by atoms with E-state index in [1.165, 1.54) is 5.56 Å². The number of ether oxygens (including phenoxy) is 2. The summed E-state index contributed by atoms with van der Waals surface area (Å²) in [4.78, 5) is 22.4. The van der Waals surface area contributed by atoms with E-state index in [4.69, 9.17) is 14.5 Å². The second kappa shape index (κ2) is 8.30. The molecule has 3 aromatic rings. The van der Waals surface area contributed by atoms with E-state index in [1.54, 1.807) is 14.2 Å². The number of rotatable bonds is 5. The van der Waals surface area contributed by atoms with Crippen molar-refractivity contribution < 1.29 is 9.47 Å². The lowest BCUT2D eigenvalue weighted by atomic mass is 9.96. The zero-order chi connectivity index (χ0) is 22.2. The zero-order valence-corrected chi connectivity index (χ0v) is 18.8. The van der Waals surface area contributed by atoms with Crippen LogP contribution < -0.4 is 15.0 Å². The van der Waals surface area contributed by atoms with Gasteiger partial charge in [-0.3, -0.25) is 9.69 Å². The van der Waals surface area contributed by atoms with Gasteiger partial charge in [0.15, 0.2) is 22.7 Å². The van der Waals surface area contributed by atoms with Gasteiger partial charge >= 0.3 is 0 Å². The van der Waals surface area contributed by atoms with Gasteiger partial charge in [-0.05, 0) is 30.5 Å². The minimum atomic E-state index is -0.259.